The van der Waals surface area contributed by atoms with Gasteiger partial charge in [0.2, 0.25) is 10.0 Å². The topological polar surface area (TPSA) is 119 Å². The van der Waals surface area contributed by atoms with E-state index in [1.807, 2.05) is 0 Å². The Balaban J connectivity index is 2.15. The van der Waals surface area contributed by atoms with Crippen LogP contribution in [0.1, 0.15) is 15.9 Å². The number of benzene rings is 1. The van der Waals surface area contributed by atoms with Crippen molar-refractivity contribution in [2.75, 3.05) is 0 Å². The molecule has 1 aromatic carbocycles. The zero-order chi connectivity index (χ0) is 16.3. The minimum Gasteiger partial charge on any atom is -0.478 e. The van der Waals surface area contributed by atoms with Gasteiger partial charge in [0.15, 0.2) is 0 Å². The van der Waals surface area contributed by atoms with Gasteiger partial charge in [0.05, 0.1) is 10.5 Å². The molecular formula is C14H14N2O5S. The number of carboxylic acid groups (broad SMARTS) is 1. The summed E-state index contributed by atoms with van der Waals surface area (Å²) in [6.45, 7) is 0.286. The Hall–Kier alpha value is -2.45. The Morgan fingerprint density at radius 2 is 1.77 bits per heavy atom. The summed E-state index contributed by atoms with van der Waals surface area (Å²) in [6.07, 6.45) is 1.73. The fraction of sp³-hybridized carbons (Fsp3) is 0.143. The molecule has 0 fully saturated rings. The maximum absolute atomic E-state index is 11.7. The standard InChI is InChI=1S/C14H14N2O5S/c15-22(20,21)12-4-1-10(2-5-12)7-8-16-9-11(14(18)19)3-6-13(16)17/h1-6,9H,7-8H2,(H,18,19)(H2,15,20,21). The summed E-state index contributed by atoms with van der Waals surface area (Å²) in [5, 5.41) is 13.9. The normalized spacial score (nSPS) is 11.3. The molecule has 0 spiro atoms. The van der Waals surface area contributed by atoms with Crippen molar-refractivity contribution in [1.82, 2.24) is 4.57 Å². The highest BCUT2D eigenvalue weighted by atomic mass is 32.2. The van der Waals surface area contributed by atoms with Crippen LogP contribution in [0.15, 0.2) is 52.3 Å². The third-order valence-electron chi connectivity index (χ3n) is 3.12. The van der Waals surface area contributed by atoms with Gasteiger partial charge < -0.3 is 9.67 Å². The van der Waals surface area contributed by atoms with E-state index in [9.17, 15) is 18.0 Å². The van der Waals surface area contributed by atoms with Crippen LogP contribution in [0.3, 0.4) is 0 Å². The molecular weight excluding hydrogens is 308 g/mol. The molecule has 1 heterocycles. The van der Waals surface area contributed by atoms with E-state index in [-0.39, 0.29) is 22.6 Å². The first-order valence-corrected chi connectivity index (χ1v) is 7.87. The van der Waals surface area contributed by atoms with Crippen molar-refractivity contribution in [3.63, 3.8) is 0 Å². The van der Waals surface area contributed by atoms with Crippen LogP contribution < -0.4 is 10.7 Å². The predicted octanol–water partition coefficient (Wildman–Crippen LogP) is 0.437. The average molecular weight is 322 g/mol. The van der Waals surface area contributed by atoms with Gasteiger partial charge in [0.1, 0.15) is 0 Å². The number of primary sulfonamides is 1. The number of sulfonamides is 1. The first-order valence-electron chi connectivity index (χ1n) is 6.33. The van der Waals surface area contributed by atoms with Crippen molar-refractivity contribution in [3.05, 3.63) is 64.1 Å². The number of hydrogen-bond acceptors (Lipinski definition) is 4. The summed E-state index contributed by atoms with van der Waals surface area (Å²) in [7, 11) is -3.73. The van der Waals surface area contributed by atoms with Crippen molar-refractivity contribution in [2.45, 2.75) is 17.9 Å². The van der Waals surface area contributed by atoms with E-state index < -0.39 is 16.0 Å². The second-order valence-electron chi connectivity index (χ2n) is 4.69. The van der Waals surface area contributed by atoms with Gasteiger partial charge in [0, 0.05) is 18.8 Å². The van der Waals surface area contributed by atoms with Crippen molar-refractivity contribution < 1.29 is 18.3 Å². The van der Waals surface area contributed by atoms with E-state index in [1.165, 1.54) is 35.0 Å². The third kappa shape index (κ3) is 3.80. The summed E-state index contributed by atoms with van der Waals surface area (Å²) < 4.78 is 23.6. The monoisotopic (exact) mass is 322 g/mol. The van der Waals surface area contributed by atoms with Crippen molar-refractivity contribution in [1.29, 1.82) is 0 Å². The SMILES string of the molecule is NS(=O)(=O)c1ccc(CCn2cc(C(=O)O)ccc2=O)cc1. The molecule has 3 N–H and O–H groups in total. The predicted molar refractivity (Wildman–Crippen MR) is 79.2 cm³/mol. The average Bonchev–Trinajstić information content (AvgIpc) is 2.45. The summed E-state index contributed by atoms with van der Waals surface area (Å²) >= 11 is 0. The highest BCUT2D eigenvalue weighted by molar-refractivity contribution is 7.89. The van der Waals surface area contributed by atoms with E-state index >= 15 is 0 Å². The molecule has 0 bridgehead atoms. The number of rotatable bonds is 5. The smallest absolute Gasteiger partial charge is 0.337 e. The molecule has 0 unspecified atom stereocenters. The van der Waals surface area contributed by atoms with E-state index in [1.54, 1.807) is 12.1 Å². The van der Waals surface area contributed by atoms with E-state index in [4.69, 9.17) is 10.2 Å². The van der Waals surface area contributed by atoms with Crippen LogP contribution in [0.5, 0.6) is 0 Å². The lowest BCUT2D eigenvalue weighted by molar-refractivity contribution is 0.0695. The van der Waals surface area contributed by atoms with Crippen LogP contribution in [0.2, 0.25) is 0 Å². The molecule has 0 atom stereocenters. The van der Waals surface area contributed by atoms with Crippen molar-refractivity contribution in [3.8, 4) is 0 Å². The molecule has 0 aliphatic heterocycles. The summed E-state index contributed by atoms with van der Waals surface area (Å²) in [5.74, 6) is -1.11. The van der Waals surface area contributed by atoms with Crippen molar-refractivity contribution in [2.24, 2.45) is 5.14 Å². The lowest BCUT2D eigenvalue weighted by Gasteiger charge is -2.07. The quantitative estimate of drug-likeness (QED) is 0.827. The molecule has 7 nitrogen and oxygen atoms in total. The Morgan fingerprint density at radius 3 is 2.32 bits per heavy atom. The lowest BCUT2D eigenvalue weighted by atomic mass is 10.1. The van der Waals surface area contributed by atoms with Gasteiger partial charge in [0.25, 0.3) is 5.56 Å². The van der Waals surface area contributed by atoms with Gasteiger partial charge in [-0.3, -0.25) is 4.79 Å². The highest BCUT2D eigenvalue weighted by Gasteiger charge is 2.08. The molecule has 0 aliphatic carbocycles. The van der Waals surface area contributed by atoms with Crippen LogP contribution in [0, 0.1) is 0 Å². The number of aromatic nitrogens is 1. The number of nitrogens with two attached hydrogens (primary N) is 1. The van der Waals surface area contributed by atoms with Gasteiger partial charge in [-0.15, -0.1) is 0 Å². The third-order valence-corrected chi connectivity index (χ3v) is 4.05. The molecule has 0 aliphatic rings. The number of aryl methyl sites for hydroxylation is 2. The van der Waals surface area contributed by atoms with Gasteiger partial charge in [-0.2, -0.15) is 0 Å². The minimum atomic E-state index is -3.73. The number of carbonyl (C=O) groups is 1. The number of hydrogen-bond donors (Lipinski definition) is 2. The van der Waals surface area contributed by atoms with Gasteiger partial charge in [-0.25, -0.2) is 18.4 Å². The molecule has 0 saturated heterocycles. The minimum absolute atomic E-state index is 0.0151. The summed E-state index contributed by atoms with van der Waals surface area (Å²) in [4.78, 5) is 22.6. The van der Waals surface area contributed by atoms with Gasteiger partial charge in [-0.05, 0) is 30.2 Å². The maximum Gasteiger partial charge on any atom is 0.337 e. The fourth-order valence-electron chi connectivity index (χ4n) is 1.93. The molecule has 2 rings (SSSR count). The molecule has 0 radical (unpaired) electrons. The molecule has 22 heavy (non-hydrogen) atoms. The Bertz CT molecular complexity index is 854. The number of pyridine rings is 1. The summed E-state index contributed by atoms with van der Waals surface area (Å²) in [5.41, 5.74) is 0.537. The van der Waals surface area contributed by atoms with Crippen LogP contribution in [-0.2, 0) is 23.0 Å². The lowest BCUT2D eigenvalue weighted by Crippen LogP contribution is -2.21. The van der Waals surface area contributed by atoms with Crippen LogP contribution in [0.4, 0.5) is 0 Å². The summed E-state index contributed by atoms with van der Waals surface area (Å²) in [6, 6.07) is 8.44. The Labute approximate surface area is 126 Å². The molecule has 8 heteroatoms. The first-order chi connectivity index (χ1) is 10.3. The molecule has 116 valence electrons. The van der Waals surface area contributed by atoms with Gasteiger partial charge in [-0.1, -0.05) is 12.1 Å². The van der Waals surface area contributed by atoms with Crippen LogP contribution in [-0.4, -0.2) is 24.1 Å². The largest absolute Gasteiger partial charge is 0.478 e. The Morgan fingerprint density at radius 1 is 1.14 bits per heavy atom. The highest BCUT2D eigenvalue weighted by Crippen LogP contribution is 2.09. The van der Waals surface area contributed by atoms with Crippen LogP contribution in [0.25, 0.3) is 0 Å². The second kappa shape index (κ2) is 6.12. The van der Waals surface area contributed by atoms with Crippen LogP contribution >= 0.6 is 0 Å². The Kier molecular flexibility index (Phi) is 4.43. The number of carboxylic acids is 1. The molecule has 1 aromatic heterocycles. The zero-order valence-corrected chi connectivity index (χ0v) is 12.3. The van der Waals surface area contributed by atoms with Gasteiger partial charge >= 0.3 is 5.97 Å². The second-order valence-corrected chi connectivity index (χ2v) is 6.25. The fourth-order valence-corrected chi connectivity index (χ4v) is 2.44. The molecule has 2 aromatic rings. The number of aromatic carboxylic acids is 1. The zero-order valence-electron chi connectivity index (χ0n) is 11.5. The maximum atomic E-state index is 11.7. The molecule has 0 amide bonds. The molecule has 0 saturated carbocycles. The van der Waals surface area contributed by atoms with E-state index in [0.717, 1.165) is 5.56 Å². The van der Waals surface area contributed by atoms with E-state index in [0.29, 0.717) is 6.42 Å². The number of nitrogens with zero attached hydrogens (tertiary/aromatic N) is 1. The first kappa shape index (κ1) is 15.9. The van der Waals surface area contributed by atoms with E-state index in [2.05, 4.69) is 0 Å². The van der Waals surface area contributed by atoms with Crippen molar-refractivity contribution >= 4 is 16.0 Å².